The van der Waals surface area contributed by atoms with Gasteiger partial charge in [0.25, 0.3) is 5.91 Å². The lowest BCUT2D eigenvalue weighted by molar-refractivity contribution is 0.0577. The van der Waals surface area contributed by atoms with Gasteiger partial charge in [0.15, 0.2) is 0 Å². The van der Waals surface area contributed by atoms with Gasteiger partial charge in [0, 0.05) is 26.7 Å². The Hall–Kier alpha value is -1.27. The van der Waals surface area contributed by atoms with Gasteiger partial charge in [-0.1, -0.05) is 6.92 Å². The highest BCUT2D eigenvalue weighted by Gasteiger charge is 2.19. The van der Waals surface area contributed by atoms with Crippen LogP contribution in [0.25, 0.3) is 0 Å². The standard InChI is InChI=1S/C15H25N3O2S/c1-3-6-17-15(19)14-12(16)8-13(21-14)18(2)9-11-5-4-7-20-10-11/h8,11H,3-7,9-10,16H2,1-2H3,(H,17,19). The molecule has 0 aromatic carbocycles. The summed E-state index contributed by atoms with van der Waals surface area (Å²) in [5.74, 6) is 0.490. The molecule has 5 nitrogen and oxygen atoms in total. The van der Waals surface area contributed by atoms with Crippen molar-refractivity contribution in [3.63, 3.8) is 0 Å². The van der Waals surface area contributed by atoms with Crippen molar-refractivity contribution in [2.24, 2.45) is 5.92 Å². The van der Waals surface area contributed by atoms with Crippen LogP contribution in [-0.4, -0.2) is 39.3 Å². The second kappa shape index (κ2) is 7.66. The van der Waals surface area contributed by atoms with E-state index in [-0.39, 0.29) is 5.91 Å². The minimum atomic E-state index is -0.0694. The third-order valence-corrected chi connectivity index (χ3v) is 4.92. The summed E-state index contributed by atoms with van der Waals surface area (Å²) in [6, 6.07) is 1.90. The lowest BCUT2D eigenvalue weighted by Gasteiger charge is -2.27. The van der Waals surface area contributed by atoms with Crippen LogP contribution in [0.3, 0.4) is 0 Å². The van der Waals surface area contributed by atoms with Crippen LogP contribution >= 0.6 is 11.3 Å². The molecular formula is C15H25N3O2S. The highest BCUT2D eigenvalue weighted by atomic mass is 32.1. The molecule has 0 saturated carbocycles. The first kappa shape index (κ1) is 16.1. The van der Waals surface area contributed by atoms with Gasteiger partial charge < -0.3 is 20.7 Å². The van der Waals surface area contributed by atoms with E-state index in [1.54, 1.807) is 0 Å². The Morgan fingerprint density at radius 3 is 3.10 bits per heavy atom. The molecule has 21 heavy (non-hydrogen) atoms. The number of thiophene rings is 1. The number of anilines is 2. The van der Waals surface area contributed by atoms with Crippen molar-refractivity contribution in [1.29, 1.82) is 0 Å². The number of hydrogen-bond donors (Lipinski definition) is 2. The molecule has 2 rings (SSSR count). The smallest absolute Gasteiger partial charge is 0.263 e. The van der Waals surface area contributed by atoms with Gasteiger partial charge >= 0.3 is 0 Å². The van der Waals surface area contributed by atoms with Crippen LogP contribution in [0.4, 0.5) is 10.7 Å². The number of carbonyl (C=O) groups is 1. The third kappa shape index (κ3) is 4.35. The summed E-state index contributed by atoms with van der Waals surface area (Å²) in [6.45, 7) is 5.36. The predicted octanol–water partition coefficient (Wildman–Crippen LogP) is 2.33. The molecule has 1 saturated heterocycles. The summed E-state index contributed by atoms with van der Waals surface area (Å²) >= 11 is 1.46. The summed E-state index contributed by atoms with van der Waals surface area (Å²) in [5.41, 5.74) is 6.55. The van der Waals surface area contributed by atoms with Crippen LogP contribution in [0, 0.1) is 5.92 Å². The maximum Gasteiger partial charge on any atom is 0.263 e. The molecule has 1 aliphatic heterocycles. The SMILES string of the molecule is CCCNC(=O)c1sc(N(C)CC2CCCOC2)cc1N. The van der Waals surface area contributed by atoms with E-state index in [1.807, 2.05) is 20.0 Å². The van der Waals surface area contributed by atoms with Gasteiger partial charge in [-0.15, -0.1) is 11.3 Å². The zero-order chi connectivity index (χ0) is 15.2. The minimum absolute atomic E-state index is 0.0694. The second-order valence-corrected chi connectivity index (χ2v) is 6.62. The van der Waals surface area contributed by atoms with E-state index in [9.17, 15) is 4.79 Å². The molecule has 2 heterocycles. The Balaban J connectivity index is 1.97. The first-order chi connectivity index (χ1) is 10.1. The van der Waals surface area contributed by atoms with Crippen LogP contribution in [0.1, 0.15) is 35.9 Å². The van der Waals surface area contributed by atoms with Gasteiger partial charge in [-0.25, -0.2) is 0 Å². The number of nitrogen functional groups attached to an aromatic ring is 1. The Morgan fingerprint density at radius 1 is 1.62 bits per heavy atom. The predicted molar refractivity (Wildman–Crippen MR) is 88.2 cm³/mol. The van der Waals surface area contributed by atoms with Crippen LogP contribution in [0.2, 0.25) is 0 Å². The van der Waals surface area contributed by atoms with Crippen molar-refractivity contribution < 1.29 is 9.53 Å². The van der Waals surface area contributed by atoms with Crippen molar-refractivity contribution in [1.82, 2.24) is 5.32 Å². The Morgan fingerprint density at radius 2 is 2.43 bits per heavy atom. The average Bonchev–Trinajstić information content (AvgIpc) is 2.88. The monoisotopic (exact) mass is 311 g/mol. The van der Waals surface area contributed by atoms with Crippen molar-refractivity contribution in [3.05, 3.63) is 10.9 Å². The summed E-state index contributed by atoms with van der Waals surface area (Å²) in [5, 5.41) is 3.92. The normalized spacial score (nSPS) is 18.5. The molecule has 0 bridgehead atoms. The van der Waals surface area contributed by atoms with Gasteiger partial charge in [0.2, 0.25) is 0 Å². The number of nitrogens with two attached hydrogens (primary N) is 1. The largest absolute Gasteiger partial charge is 0.397 e. The van der Waals surface area contributed by atoms with Gasteiger partial charge in [-0.2, -0.15) is 0 Å². The summed E-state index contributed by atoms with van der Waals surface area (Å²) < 4.78 is 5.52. The summed E-state index contributed by atoms with van der Waals surface area (Å²) in [4.78, 5) is 14.8. The first-order valence-electron chi connectivity index (χ1n) is 7.58. The molecule has 0 aliphatic carbocycles. The molecular weight excluding hydrogens is 286 g/mol. The molecule has 3 N–H and O–H groups in total. The molecule has 1 aliphatic rings. The van der Waals surface area contributed by atoms with E-state index in [2.05, 4.69) is 10.2 Å². The lowest BCUT2D eigenvalue weighted by atomic mass is 10.0. The first-order valence-corrected chi connectivity index (χ1v) is 8.39. The van der Waals surface area contributed by atoms with E-state index < -0.39 is 0 Å². The Bertz CT molecular complexity index is 469. The molecule has 0 radical (unpaired) electrons. The average molecular weight is 311 g/mol. The Labute approximate surface area is 130 Å². The van der Waals surface area contributed by atoms with E-state index in [1.165, 1.54) is 17.8 Å². The van der Waals surface area contributed by atoms with Crippen LogP contribution in [-0.2, 0) is 4.74 Å². The van der Waals surface area contributed by atoms with Crippen molar-refractivity contribution in [3.8, 4) is 0 Å². The highest BCUT2D eigenvalue weighted by molar-refractivity contribution is 7.18. The number of hydrogen-bond acceptors (Lipinski definition) is 5. The molecule has 1 fully saturated rings. The molecule has 6 heteroatoms. The number of amides is 1. The van der Waals surface area contributed by atoms with E-state index in [4.69, 9.17) is 10.5 Å². The fraction of sp³-hybridized carbons (Fsp3) is 0.667. The highest BCUT2D eigenvalue weighted by Crippen LogP contribution is 2.32. The topological polar surface area (TPSA) is 67.6 Å². The number of ether oxygens (including phenoxy) is 1. The maximum atomic E-state index is 12.0. The zero-order valence-electron chi connectivity index (χ0n) is 12.9. The zero-order valence-corrected chi connectivity index (χ0v) is 13.7. The van der Waals surface area contributed by atoms with Crippen molar-refractivity contribution in [2.45, 2.75) is 26.2 Å². The van der Waals surface area contributed by atoms with E-state index in [0.29, 0.717) is 23.0 Å². The van der Waals surface area contributed by atoms with E-state index in [0.717, 1.165) is 37.6 Å². The molecule has 1 atom stereocenters. The van der Waals surface area contributed by atoms with E-state index >= 15 is 0 Å². The van der Waals surface area contributed by atoms with Crippen molar-refractivity contribution in [2.75, 3.05) is 44.0 Å². The quantitative estimate of drug-likeness (QED) is 0.846. The number of nitrogens with one attached hydrogen (secondary N) is 1. The number of nitrogens with zero attached hydrogens (tertiary/aromatic N) is 1. The molecule has 1 aromatic rings. The van der Waals surface area contributed by atoms with Gasteiger partial charge in [0.05, 0.1) is 17.3 Å². The summed E-state index contributed by atoms with van der Waals surface area (Å²) in [6.07, 6.45) is 3.26. The lowest BCUT2D eigenvalue weighted by Crippen LogP contribution is -2.30. The maximum absolute atomic E-state index is 12.0. The van der Waals surface area contributed by atoms with Crippen molar-refractivity contribution >= 4 is 27.9 Å². The molecule has 1 unspecified atom stereocenters. The van der Waals surface area contributed by atoms with Crippen LogP contribution in [0.5, 0.6) is 0 Å². The summed E-state index contributed by atoms with van der Waals surface area (Å²) in [7, 11) is 2.05. The molecule has 1 aromatic heterocycles. The van der Waals surface area contributed by atoms with Gasteiger partial charge in [-0.05, 0) is 31.2 Å². The van der Waals surface area contributed by atoms with Gasteiger partial charge in [-0.3, -0.25) is 4.79 Å². The number of carbonyl (C=O) groups excluding carboxylic acids is 1. The molecule has 118 valence electrons. The van der Waals surface area contributed by atoms with Gasteiger partial charge in [0.1, 0.15) is 4.88 Å². The van der Waals surface area contributed by atoms with Crippen LogP contribution < -0.4 is 16.0 Å². The Kier molecular flexibility index (Phi) is 5.87. The minimum Gasteiger partial charge on any atom is -0.397 e. The molecule has 0 spiro atoms. The fourth-order valence-electron chi connectivity index (χ4n) is 2.50. The number of rotatable bonds is 6. The fourth-order valence-corrected chi connectivity index (χ4v) is 3.47. The molecule has 1 amide bonds. The second-order valence-electron chi connectivity index (χ2n) is 5.59. The third-order valence-electron chi connectivity index (χ3n) is 3.65. The van der Waals surface area contributed by atoms with Crippen LogP contribution in [0.15, 0.2) is 6.07 Å².